The van der Waals surface area contributed by atoms with Crippen LogP contribution in [0.5, 0.6) is 0 Å². The molecule has 1 aliphatic carbocycles. The van der Waals surface area contributed by atoms with Gasteiger partial charge in [-0.05, 0) is 25.7 Å². The van der Waals surface area contributed by atoms with Crippen LogP contribution in [0, 0.1) is 10.8 Å². The average Bonchev–Trinajstić information content (AvgIpc) is 3.27. The van der Waals surface area contributed by atoms with Gasteiger partial charge >= 0.3 is 0 Å². The summed E-state index contributed by atoms with van der Waals surface area (Å²) in [5.74, 6) is 1.58. The van der Waals surface area contributed by atoms with Gasteiger partial charge in [-0.3, -0.25) is 0 Å². The number of rotatable bonds is 2. The number of aromatic nitrogens is 2. The minimum absolute atomic E-state index is 0.496. The first-order chi connectivity index (χ1) is 11.3. The molecule has 126 valence electrons. The summed E-state index contributed by atoms with van der Waals surface area (Å²) in [7, 11) is 0. The molecule has 5 nitrogen and oxygen atoms in total. The molecular weight excluding hydrogens is 308 g/mol. The van der Waals surface area contributed by atoms with Crippen molar-refractivity contribution in [2.24, 2.45) is 10.8 Å². The lowest BCUT2D eigenvalue weighted by atomic mass is 9.60. The zero-order valence-corrected chi connectivity index (χ0v) is 14.5. The third-order valence-corrected chi connectivity index (χ3v) is 7.68. The highest BCUT2D eigenvalue weighted by molar-refractivity contribution is 7.09. The molecule has 4 heterocycles. The van der Waals surface area contributed by atoms with Crippen molar-refractivity contribution < 1.29 is 4.74 Å². The third-order valence-electron chi connectivity index (χ3n) is 6.89. The minimum atomic E-state index is 0.496. The Morgan fingerprint density at radius 2 is 1.78 bits per heavy atom. The van der Waals surface area contributed by atoms with Crippen LogP contribution in [-0.2, 0) is 4.74 Å². The van der Waals surface area contributed by atoms with E-state index in [4.69, 9.17) is 14.1 Å². The summed E-state index contributed by atoms with van der Waals surface area (Å²) in [6.07, 6.45) is 7.74. The van der Waals surface area contributed by atoms with Crippen molar-refractivity contribution in [2.75, 3.05) is 44.3 Å². The van der Waals surface area contributed by atoms with E-state index in [1.807, 2.05) is 0 Å². The molecule has 1 aromatic heterocycles. The molecule has 2 unspecified atom stereocenters. The highest BCUT2D eigenvalue weighted by Crippen LogP contribution is 2.58. The number of nitrogens with one attached hydrogen (secondary N) is 1. The lowest BCUT2D eigenvalue weighted by molar-refractivity contribution is 0.0838. The van der Waals surface area contributed by atoms with Crippen molar-refractivity contribution >= 4 is 16.7 Å². The highest BCUT2D eigenvalue weighted by atomic mass is 32.1. The fraction of sp³-hybridized carbons (Fsp3) is 0.882. The maximum atomic E-state index is 5.47. The molecular formula is C17H26N4OS. The Bertz CT molecular complexity index is 565. The standard InChI is InChI=1S/C17H26N4OS/c1-2-6-17-10-18-9-16(17,5-1)11-21(12-17)15-19-14(20-23-15)13-3-7-22-8-4-13/h13,18H,1-12H2. The first kappa shape index (κ1) is 14.6. The molecule has 23 heavy (non-hydrogen) atoms. The Labute approximate surface area is 142 Å². The van der Waals surface area contributed by atoms with E-state index < -0.39 is 0 Å². The van der Waals surface area contributed by atoms with E-state index in [0.29, 0.717) is 16.7 Å². The van der Waals surface area contributed by atoms with Gasteiger partial charge in [-0.2, -0.15) is 4.37 Å². The predicted molar refractivity (Wildman–Crippen MR) is 91.1 cm³/mol. The summed E-state index contributed by atoms with van der Waals surface area (Å²) in [6.45, 7) is 6.50. The number of nitrogens with zero attached hydrogens (tertiary/aromatic N) is 3. The minimum Gasteiger partial charge on any atom is -0.381 e. The van der Waals surface area contributed by atoms with Gasteiger partial charge in [-0.15, -0.1) is 0 Å². The van der Waals surface area contributed by atoms with Crippen molar-refractivity contribution in [3.05, 3.63) is 5.82 Å². The van der Waals surface area contributed by atoms with Crippen LogP contribution < -0.4 is 10.2 Å². The number of ether oxygens (including phenoxy) is 1. The van der Waals surface area contributed by atoms with Gasteiger partial charge in [-0.1, -0.05) is 12.8 Å². The quantitative estimate of drug-likeness (QED) is 0.900. The maximum absolute atomic E-state index is 5.47. The van der Waals surface area contributed by atoms with E-state index in [1.54, 1.807) is 11.5 Å². The van der Waals surface area contributed by atoms with Crippen LogP contribution >= 0.6 is 11.5 Å². The Balaban J connectivity index is 1.38. The molecule has 4 fully saturated rings. The number of hydrogen-bond acceptors (Lipinski definition) is 6. The third kappa shape index (κ3) is 2.18. The normalized spacial score (nSPS) is 37.8. The van der Waals surface area contributed by atoms with E-state index in [-0.39, 0.29) is 0 Å². The lowest BCUT2D eigenvalue weighted by Gasteiger charge is -2.42. The van der Waals surface area contributed by atoms with Crippen molar-refractivity contribution in [3.8, 4) is 0 Å². The molecule has 3 aliphatic heterocycles. The van der Waals surface area contributed by atoms with Crippen molar-refractivity contribution in [3.63, 3.8) is 0 Å². The fourth-order valence-electron chi connectivity index (χ4n) is 5.55. The molecule has 4 aliphatic rings. The van der Waals surface area contributed by atoms with E-state index in [0.717, 1.165) is 31.9 Å². The Morgan fingerprint density at radius 3 is 2.48 bits per heavy atom. The summed E-state index contributed by atoms with van der Waals surface area (Å²) >= 11 is 1.62. The number of anilines is 1. The monoisotopic (exact) mass is 334 g/mol. The van der Waals surface area contributed by atoms with Gasteiger partial charge in [0, 0.05) is 67.7 Å². The second-order valence-corrected chi connectivity index (χ2v) is 8.78. The highest BCUT2D eigenvalue weighted by Gasteiger charge is 2.61. The summed E-state index contributed by atoms with van der Waals surface area (Å²) in [5, 5.41) is 4.87. The predicted octanol–water partition coefficient (Wildman–Crippen LogP) is 2.40. The van der Waals surface area contributed by atoms with Gasteiger partial charge in [-0.25, -0.2) is 4.98 Å². The van der Waals surface area contributed by atoms with Gasteiger partial charge in [0.05, 0.1) is 0 Å². The van der Waals surface area contributed by atoms with Gasteiger partial charge in [0.25, 0.3) is 0 Å². The van der Waals surface area contributed by atoms with E-state index in [1.165, 1.54) is 57.0 Å². The average molecular weight is 334 g/mol. The number of hydrogen-bond donors (Lipinski definition) is 1. The van der Waals surface area contributed by atoms with Crippen molar-refractivity contribution in [1.82, 2.24) is 14.7 Å². The second-order valence-electron chi connectivity index (χ2n) is 8.05. The SMILES string of the molecule is C1CCC23CNCC2(C1)CN(c1nc(C2CCOCC2)ns1)C3. The largest absolute Gasteiger partial charge is 0.381 e. The first-order valence-electron chi connectivity index (χ1n) is 9.17. The molecule has 3 saturated heterocycles. The summed E-state index contributed by atoms with van der Waals surface area (Å²) in [6, 6.07) is 0. The maximum Gasteiger partial charge on any atom is 0.205 e. The molecule has 0 amide bonds. The lowest BCUT2D eigenvalue weighted by Crippen LogP contribution is -2.42. The molecule has 0 aromatic carbocycles. The van der Waals surface area contributed by atoms with Crippen LogP contribution in [0.25, 0.3) is 0 Å². The van der Waals surface area contributed by atoms with Gasteiger partial charge in [0.15, 0.2) is 0 Å². The molecule has 1 saturated carbocycles. The smallest absolute Gasteiger partial charge is 0.205 e. The molecule has 1 aromatic rings. The van der Waals surface area contributed by atoms with Crippen molar-refractivity contribution in [1.29, 1.82) is 0 Å². The molecule has 0 radical (unpaired) electrons. The van der Waals surface area contributed by atoms with Crippen LogP contribution in [0.15, 0.2) is 0 Å². The second kappa shape index (κ2) is 5.39. The molecule has 0 bridgehead atoms. The van der Waals surface area contributed by atoms with Gasteiger partial charge in [0.2, 0.25) is 5.13 Å². The fourth-order valence-corrected chi connectivity index (χ4v) is 6.30. The van der Waals surface area contributed by atoms with Crippen LogP contribution in [0.3, 0.4) is 0 Å². The van der Waals surface area contributed by atoms with Crippen LogP contribution in [0.1, 0.15) is 50.3 Å². The zero-order valence-electron chi connectivity index (χ0n) is 13.7. The van der Waals surface area contributed by atoms with E-state index >= 15 is 0 Å². The Morgan fingerprint density at radius 1 is 1.09 bits per heavy atom. The summed E-state index contributed by atoms with van der Waals surface area (Å²) in [4.78, 5) is 7.51. The van der Waals surface area contributed by atoms with E-state index in [2.05, 4.69) is 10.2 Å². The molecule has 2 atom stereocenters. The molecule has 6 heteroatoms. The van der Waals surface area contributed by atoms with Crippen molar-refractivity contribution in [2.45, 2.75) is 44.4 Å². The van der Waals surface area contributed by atoms with Gasteiger partial charge < -0.3 is 15.0 Å². The molecule has 0 spiro atoms. The Hall–Kier alpha value is -0.720. The first-order valence-corrected chi connectivity index (χ1v) is 9.95. The summed E-state index contributed by atoms with van der Waals surface area (Å²) < 4.78 is 10.2. The van der Waals surface area contributed by atoms with E-state index in [9.17, 15) is 0 Å². The topological polar surface area (TPSA) is 50.3 Å². The summed E-state index contributed by atoms with van der Waals surface area (Å²) in [5.41, 5.74) is 0.992. The molecule has 1 N–H and O–H groups in total. The molecule has 5 rings (SSSR count). The van der Waals surface area contributed by atoms with Gasteiger partial charge in [0.1, 0.15) is 5.82 Å². The Kier molecular flexibility index (Phi) is 3.43. The van der Waals surface area contributed by atoms with Crippen LogP contribution in [-0.4, -0.2) is 48.8 Å². The van der Waals surface area contributed by atoms with Crippen LogP contribution in [0.2, 0.25) is 0 Å². The van der Waals surface area contributed by atoms with Crippen LogP contribution in [0.4, 0.5) is 5.13 Å². The zero-order chi connectivity index (χ0) is 15.3.